The molecule has 1 aliphatic rings. The molecule has 7 nitrogen and oxygen atoms in total. The SMILES string of the molecule is CC(=O)N[C@H](C(=O)N1C[C@H](C)C[C@H]1C(=O)NCc1ccc(-c2scnc2C)cc1)C(C)(C)C. The highest BCUT2D eigenvalue weighted by atomic mass is 32.1. The predicted molar refractivity (Wildman–Crippen MR) is 130 cm³/mol. The molecule has 1 aliphatic heterocycles. The number of benzene rings is 1. The lowest BCUT2D eigenvalue weighted by atomic mass is 9.85. The van der Waals surface area contributed by atoms with E-state index in [0.29, 0.717) is 19.5 Å². The number of nitrogens with one attached hydrogen (secondary N) is 2. The molecule has 178 valence electrons. The van der Waals surface area contributed by atoms with E-state index in [1.165, 1.54) is 6.92 Å². The molecule has 1 fully saturated rings. The minimum atomic E-state index is -0.682. The molecule has 1 aromatic carbocycles. The zero-order chi connectivity index (χ0) is 24.3. The van der Waals surface area contributed by atoms with Crippen molar-refractivity contribution in [1.82, 2.24) is 20.5 Å². The van der Waals surface area contributed by atoms with E-state index in [0.717, 1.165) is 21.7 Å². The summed E-state index contributed by atoms with van der Waals surface area (Å²) in [7, 11) is 0. The molecule has 0 saturated carbocycles. The van der Waals surface area contributed by atoms with Gasteiger partial charge in [-0.3, -0.25) is 14.4 Å². The summed E-state index contributed by atoms with van der Waals surface area (Å²) < 4.78 is 0. The largest absolute Gasteiger partial charge is 0.350 e. The molecular formula is C25H34N4O3S. The summed E-state index contributed by atoms with van der Waals surface area (Å²) in [5.74, 6) is -0.407. The highest BCUT2D eigenvalue weighted by Crippen LogP contribution is 2.29. The van der Waals surface area contributed by atoms with E-state index in [4.69, 9.17) is 0 Å². The number of rotatable bonds is 6. The van der Waals surface area contributed by atoms with Crippen molar-refractivity contribution in [2.24, 2.45) is 11.3 Å². The van der Waals surface area contributed by atoms with Gasteiger partial charge >= 0.3 is 0 Å². The lowest BCUT2D eigenvalue weighted by molar-refractivity contribution is -0.143. The number of aromatic nitrogens is 1. The number of hydrogen-bond donors (Lipinski definition) is 2. The van der Waals surface area contributed by atoms with Gasteiger partial charge in [-0.05, 0) is 35.8 Å². The zero-order valence-corrected chi connectivity index (χ0v) is 21.1. The summed E-state index contributed by atoms with van der Waals surface area (Å²) >= 11 is 1.61. The smallest absolute Gasteiger partial charge is 0.246 e. The van der Waals surface area contributed by atoms with Crippen LogP contribution in [0.3, 0.4) is 0 Å². The molecule has 2 aromatic rings. The fourth-order valence-corrected chi connectivity index (χ4v) is 5.03. The zero-order valence-electron chi connectivity index (χ0n) is 20.3. The third kappa shape index (κ3) is 5.99. The molecule has 1 aromatic heterocycles. The van der Waals surface area contributed by atoms with Crippen LogP contribution < -0.4 is 10.6 Å². The molecule has 0 unspecified atom stereocenters. The molecular weight excluding hydrogens is 436 g/mol. The first-order valence-electron chi connectivity index (χ1n) is 11.3. The van der Waals surface area contributed by atoms with Gasteiger partial charge in [0.2, 0.25) is 17.7 Å². The maximum Gasteiger partial charge on any atom is 0.246 e. The topological polar surface area (TPSA) is 91.4 Å². The Balaban J connectivity index is 1.67. The predicted octanol–water partition coefficient (Wildman–Crippen LogP) is 3.52. The second-order valence-electron chi connectivity index (χ2n) is 10.0. The van der Waals surface area contributed by atoms with E-state index in [1.807, 2.05) is 64.4 Å². The van der Waals surface area contributed by atoms with Crippen molar-refractivity contribution < 1.29 is 14.4 Å². The normalized spacial score (nSPS) is 19.3. The van der Waals surface area contributed by atoms with E-state index < -0.39 is 17.5 Å². The molecule has 0 aliphatic carbocycles. The van der Waals surface area contributed by atoms with Gasteiger partial charge in [0, 0.05) is 20.0 Å². The first kappa shape index (κ1) is 24.9. The number of hydrogen-bond acceptors (Lipinski definition) is 5. The second-order valence-corrected chi connectivity index (χ2v) is 10.9. The van der Waals surface area contributed by atoms with Crippen molar-refractivity contribution >= 4 is 29.1 Å². The summed E-state index contributed by atoms with van der Waals surface area (Å²) in [6.07, 6.45) is 0.609. The molecule has 0 bridgehead atoms. The van der Waals surface area contributed by atoms with E-state index in [-0.39, 0.29) is 23.6 Å². The number of amides is 3. The Bertz CT molecular complexity index is 1010. The van der Waals surface area contributed by atoms with Gasteiger partial charge in [0.15, 0.2) is 0 Å². The van der Waals surface area contributed by atoms with Crippen LogP contribution in [0.25, 0.3) is 10.4 Å². The van der Waals surface area contributed by atoms with Gasteiger partial charge in [-0.15, -0.1) is 11.3 Å². The Hall–Kier alpha value is -2.74. The van der Waals surface area contributed by atoms with Crippen molar-refractivity contribution in [2.75, 3.05) is 6.54 Å². The van der Waals surface area contributed by atoms with Crippen LogP contribution in [0, 0.1) is 18.3 Å². The molecule has 2 N–H and O–H groups in total. The summed E-state index contributed by atoms with van der Waals surface area (Å²) in [6.45, 7) is 12.1. The minimum absolute atomic E-state index is 0.162. The number of nitrogens with zero attached hydrogens (tertiary/aromatic N) is 2. The molecule has 3 rings (SSSR count). The molecule has 3 atom stereocenters. The van der Waals surface area contributed by atoms with E-state index in [1.54, 1.807) is 16.2 Å². The Morgan fingerprint density at radius 2 is 1.88 bits per heavy atom. The van der Waals surface area contributed by atoms with Crippen LogP contribution in [0.1, 0.15) is 52.3 Å². The minimum Gasteiger partial charge on any atom is -0.350 e. The maximum atomic E-state index is 13.4. The van der Waals surface area contributed by atoms with Crippen LogP contribution in [-0.2, 0) is 20.9 Å². The van der Waals surface area contributed by atoms with Crippen molar-refractivity contribution in [3.05, 3.63) is 41.0 Å². The van der Waals surface area contributed by atoms with Crippen LogP contribution in [0.5, 0.6) is 0 Å². The number of carbonyl (C=O) groups excluding carboxylic acids is 3. The van der Waals surface area contributed by atoms with Crippen molar-refractivity contribution in [1.29, 1.82) is 0 Å². The van der Waals surface area contributed by atoms with Gasteiger partial charge in [0.1, 0.15) is 12.1 Å². The molecule has 3 amide bonds. The first-order chi connectivity index (χ1) is 15.5. The Kier molecular flexibility index (Phi) is 7.57. The summed E-state index contributed by atoms with van der Waals surface area (Å²) in [5, 5.41) is 5.78. The highest BCUT2D eigenvalue weighted by Gasteiger charge is 2.43. The number of aryl methyl sites for hydroxylation is 1. The van der Waals surface area contributed by atoms with Gasteiger partial charge < -0.3 is 15.5 Å². The molecule has 1 saturated heterocycles. The standard InChI is InChI=1S/C25H34N4O3S/c1-15-11-20(29(13-15)24(32)22(25(4,5)6)28-17(3)30)23(31)26-12-18-7-9-19(10-8-18)21-16(2)27-14-33-21/h7-10,14-15,20,22H,11-13H2,1-6H3,(H,26,31)(H,28,30)/t15-,20+,22-/m1/s1. The number of thiazole rings is 1. The Morgan fingerprint density at radius 3 is 2.42 bits per heavy atom. The van der Waals surface area contributed by atoms with Gasteiger partial charge in [-0.2, -0.15) is 0 Å². The number of carbonyl (C=O) groups is 3. The fourth-order valence-electron chi connectivity index (χ4n) is 4.22. The summed E-state index contributed by atoms with van der Waals surface area (Å²) in [5.41, 5.74) is 4.48. The van der Waals surface area contributed by atoms with E-state index in [2.05, 4.69) is 15.6 Å². The molecule has 8 heteroatoms. The van der Waals surface area contributed by atoms with Crippen LogP contribution in [-0.4, -0.2) is 46.2 Å². The van der Waals surface area contributed by atoms with E-state index in [9.17, 15) is 14.4 Å². The van der Waals surface area contributed by atoms with Gasteiger partial charge in [-0.1, -0.05) is 52.0 Å². The molecule has 2 heterocycles. The summed E-state index contributed by atoms with van der Waals surface area (Å²) in [6, 6.07) is 6.86. The van der Waals surface area contributed by atoms with Gasteiger partial charge in [0.05, 0.1) is 16.1 Å². The lowest BCUT2D eigenvalue weighted by Gasteiger charge is -2.35. The monoisotopic (exact) mass is 470 g/mol. The van der Waals surface area contributed by atoms with E-state index >= 15 is 0 Å². The van der Waals surface area contributed by atoms with Crippen molar-refractivity contribution in [3.8, 4) is 10.4 Å². The molecule has 0 spiro atoms. The highest BCUT2D eigenvalue weighted by molar-refractivity contribution is 7.13. The Morgan fingerprint density at radius 1 is 1.21 bits per heavy atom. The van der Waals surface area contributed by atoms with Crippen LogP contribution in [0.4, 0.5) is 0 Å². The quantitative estimate of drug-likeness (QED) is 0.676. The lowest BCUT2D eigenvalue weighted by Crippen LogP contribution is -2.57. The van der Waals surface area contributed by atoms with Crippen LogP contribution >= 0.6 is 11.3 Å². The van der Waals surface area contributed by atoms with Crippen LogP contribution in [0.2, 0.25) is 0 Å². The van der Waals surface area contributed by atoms with Crippen LogP contribution in [0.15, 0.2) is 29.8 Å². The molecule has 0 radical (unpaired) electrons. The van der Waals surface area contributed by atoms with Gasteiger partial charge in [-0.25, -0.2) is 4.98 Å². The van der Waals surface area contributed by atoms with Gasteiger partial charge in [0.25, 0.3) is 0 Å². The maximum absolute atomic E-state index is 13.4. The average Bonchev–Trinajstić information content (AvgIpc) is 3.35. The first-order valence-corrected chi connectivity index (χ1v) is 12.2. The third-order valence-corrected chi connectivity index (χ3v) is 6.96. The van der Waals surface area contributed by atoms with Crippen molar-refractivity contribution in [2.45, 2.75) is 66.6 Å². The van der Waals surface area contributed by atoms with Crippen molar-refractivity contribution in [3.63, 3.8) is 0 Å². The number of likely N-dealkylation sites (tertiary alicyclic amines) is 1. The fraction of sp³-hybridized carbons (Fsp3) is 0.520. The Labute approximate surface area is 200 Å². The molecule has 33 heavy (non-hydrogen) atoms. The summed E-state index contributed by atoms with van der Waals surface area (Å²) in [4.78, 5) is 45.2. The second kappa shape index (κ2) is 10.0. The average molecular weight is 471 g/mol. The third-order valence-electron chi connectivity index (χ3n) is 5.98.